The number of nitrogens with one attached hydrogen (secondary N) is 2. The molecule has 0 aromatic rings. The van der Waals surface area contributed by atoms with E-state index in [1.807, 2.05) is 32.7 Å². The maximum atomic E-state index is 13.2. The molecule has 0 fully saturated rings. The van der Waals surface area contributed by atoms with Gasteiger partial charge in [0.05, 0.1) is 0 Å². The third-order valence-corrected chi connectivity index (χ3v) is 12.9. The van der Waals surface area contributed by atoms with Crippen LogP contribution < -0.4 is 16.4 Å². The molecule has 0 aromatic carbocycles. The Balaban J connectivity index is 2.50. The van der Waals surface area contributed by atoms with Crippen LogP contribution in [0.25, 0.3) is 0 Å². The van der Waals surface area contributed by atoms with Gasteiger partial charge in [-0.25, -0.2) is 4.79 Å². The highest BCUT2D eigenvalue weighted by Crippen LogP contribution is 2.34. The van der Waals surface area contributed by atoms with E-state index in [4.69, 9.17) is 19.0 Å². The molecule has 2 unspecified atom stereocenters. The molecule has 1 aliphatic carbocycles. The van der Waals surface area contributed by atoms with E-state index in [0.29, 0.717) is 96.2 Å². The molecule has 0 saturated carbocycles. The topological polar surface area (TPSA) is 135 Å². The van der Waals surface area contributed by atoms with Crippen LogP contribution in [0.4, 0.5) is 4.79 Å². The van der Waals surface area contributed by atoms with Crippen LogP contribution in [0.3, 0.4) is 0 Å². The van der Waals surface area contributed by atoms with Crippen molar-refractivity contribution in [3.05, 3.63) is 11.6 Å². The highest BCUT2D eigenvalue weighted by atomic mass is 28.4. The van der Waals surface area contributed by atoms with Crippen LogP contribution in [0.2, 0.25) is 6.04 Å². The number of likely N-dealkylation sites (N-methyl/N-ethyl adjacent to an activating group) is 1. The normalized spacial score (nSPS) is 16.2. The molecule has 0 heterocycles. The highest BCUT2D eigenvalue weighted by molar-refractivity contribution is 6.60. The first kappa shape index (κ1) is 47.2. The van der Waals surface area contributed by atoms with Gasteiger partial charge in [0.25, 0.3) is 0 Å². The van der Waals surface area contributed by atoms with Gasteiger partial charge in [0.1, 0.15) is 5.78 Å². The van der Waals surface area contributed by atoms with Gasteiger partial charge in [-0.05, 0) is 85.6 Å². The zero-order valence-corrected chi connectivity index (χ0v) is 34.5. The van der Waals surface area contributed by atoms with E-state index in [-0.39, 0.29) is 17.9 Å². The van der Waals surface area contributed by atoms with E-state index < -0.39 is 8.80 Å². The predicted molar refractivity (Wildman–Crippen MR) is 211 cm³/mol. The largest absolute Gasteiger partial charge is 0.500 e. The maximum Gasteiger partial charge on any atom is 0.500 e. The molecular weight excluding hydrogens is 663 g/mol. The second kappa shape index (κ2) is 29.6. The Bertz CT molecular complexity index is 953. The smallest absolute Gasteiger partial charge is 0.374 e. The average molecular weight is 740 g/mol. The summed E-state index contributed by atoms with van der Waals surface area (Å²) >= 11 is 0. The second-order valence-electron chi connectivity index (χ2n) is 14.0. The summed E-state index contributed by atoms with van der Waals surface area (Å²) in [5.41, 5.74) is 7.37. The Kier molecular flexibility index (Phi) is 27.4. The molecular formula is C39H77N5O6Si. The van der Waals surface area contributed by atoms with Crippen LogP contribution in [0.5, 0.6) is 0 Å². The Hall–Kier alpha value is -1.83. The summed E-state index contributed by atoms with van der Waals surface area (Å²) in [5, 5.41) is 6.17. The van der Waals surface area contributed by atoms with Crippen LogP contribution in [0.15, 0.2) is 11.6 Å². The summed E-state index contributed by atoms with van der Waals surface area (Å²) in [7, 11) is -0.890. The molecule has 12 heteroatoms. The number of Topliss-reactive ketones (excluding diaryl/α,β-unsaturated/α-hetero) is 1. The summed E-state index contributed by atoms with van der Waals surface area (Å²) in [4.78, 5) is 42.2. The van der Waals surface area contributed by atoms with Crippen molar-refractivity contribution in [2.24, 2.45) is 17.6 Å². The molecule has 0 aliphatic heterocycles. The number of allylic oxidation sites excluding steroid dienone is 2. The van der Waals surface area contributed by atoms with Crippen LogP contribution in [0, 0.1) is 11.8 Å². The van der Waals surface area contributed by atoms with Gasteiger partial charge in [-0.2, -0.15) is 0 Å². The van der Waals surface area contributed by atoms with Crippen molar-refractivity contribution in [1.29, 1.82) is 0 Å². The summed E-state index contributed by atoms with van der Waals surface area (Å²) in [6.45, 7) is 14.8. The molecule has 4 N–H and O–H groups in total. The second-order valence-corrected chi connectivity index (χ2v) is 16.8. The van der Waals surface area contributed by atoms with Crippen LogP contribution in [-0.2, 0) is 22.9 Å². The monoisotopic (exact) mass is 740 g/mol. The van der Waals surface area contributed by atoms with E-state index in [2.05, 4.69) is 23.6 Å². The number of amides is 3. The van der Waals surface area contributed by atoms with E-state index in [1.165, 1.54) is 37.7 Å². The Morgan fingerprint density at radius 2 is 1.47 bits per heavy atom. The number of urea groups is 1. The molecule has 51 heavy (non-hydrogen) atoms. The van der Waals surface area contributed by atoms with Gasteiger partial charge in [-0.15, -0.1) is 0 Å². The summed E-state index contributed by atoms with van der Waals surface area (Å²) in [5.74, 6) is 1.21. The quantitative estimate of drug-likeness (QED) is 0.0395. The standard InChI is InChI=1S/C39H77N5O6Si/c1-7-11-12-16-20-35-31-36(33-37(32-35)34(5)45)21-17-14-13-15-18-22-38(46)43(26-23-40)28-29-44(27-25-41-6)39(47)42-24-19-30-51(48-8-2,49-9-3)50-10-4/h31,35,37,41H,7-30,32-33,40H2,1-6H3,(H,42,47). The van der Waals surface area contributed by atoms with Crippen LogP contribution >= 0.6 is 0 Å². The fraction of sp³-hybridized carbons (Fsp3) is 0.872. The lowest BCUT2D eigenvalue weighted by Crippen LogP contribution is -2.49. The lowest BCUT2D eigenvalue weighted by Gasteiger charge is -2.29. The van der Waals surface area contributed by atoms with Crippen molar-refractivity contribution in [2.45, 2.75) is 137 Å². The average Bonchev–Trinajstić information content (AvgIpc) is 3.11. The van der Waals surface area contributed by atoms with Gasteiger partial charge in [0, 0.05) is 84.0 Å². The number of unbranched alkanes of at least 4 members (excludes halogenated alkanes) is 7. The van der Waals surface area contributed by atoms with E-state index >= 15 is 0 Å². The van der Waals surface area contributed by atoms with Crippen molar-refractivity contribution in [1.82, 2.24) is 20.4 Å². The molecule has 1 aliphatic rings. The molecule has 11 nitrogen and oxygen atoms in total. The Morgan fingerprint density at radius 3 is 2.10 bits per heavy atom. The number of hydrogen-bond donors (Lipinski definition) is 3. The molecule has 3 amide bonds. The van der Waals surface area contributed by atoms with Crippen LogP contribution in [-0.4, -0.2) is 109 Å². The molecule has 1 rings (SSSR count). The Labute approximate surface area is 312 Å². The zero-order chi connectivity index (χ0) is 37.7. The van der Waals surface area contributed by atoms with Gasteiger partial charge >= 0.3 is 14.8 Å². The lowest BCUT2D eigenvalue weighted by atomic mass is 9.77. The first-order valence-corrected chi connectivity index (χ1v) is 22.4. The number of ketones is 1. The lowest BCUT2D eigenvalue weighted by molar-refractivity contribution is -0.131. The highest BCUT2D eigenvalue weighted by Gasteiger charge is 2.39. The van der Waals surface area contributed by atoms with Gasteiger partial charge in [-0.3, -0.25) is 9.59 Å². The van der Waals surface area contributed by atoms with E-state index in [1.54, 1.807) is 11.8 Å². The molecule has 2 atom stereocenters. The predicted octanol–water partition coefficient (Wildman–Crippen LogP) is 6.69. The van der Waals surface area contributed by atoms with Gasteiger partial charge in [-0.1, -0.05) is 63.5 Å². The first-order chi connectivity index (χ1) is 24.7. The van der Waals surface area contributed by atoms with Gasteiger partial charge in [0.2, 0.25) is 5.91 Å². The Morgan fingerprint density at radius 1 is 0.824 bits per heavy atom. The minimum atomic E-state index is -2.75. The number of carbonyl (C=O) groups excluding carboxylic acids is 3. The molecule has 0 bridgehead atoms. The molecule has 0 saturated heterocycles. The molecule has 0 spiro atoms. The molecule has 0 radical (unpaired) electrons. The number of nitrogens with zero attached hydrogens (tertiary/aromatic N) is 2. The maximum absolute atomic E-state index is 13.2. The number of hydrogen-bond acceptors (Lipinski definition) is 8. The van der Waals surface area contributed by atoms with Crippen molar-refractivity contribution < 1.29 is 27.7 Å². The minimum Gasteiger partial charge on any atom is -0.374 e. The third-order valence-electron chi connectivity index (χ3n) is 9.80. The molecule has 298 valence electrons. The zero-order valence-electron chi connectivity index (χ0n) is 33.5. The third kappa shape index (κ3) is 20.9. The fourth-order valence-electron chi connectivity index (χ4n) is 7.01. The van der Waals surface area contributed by atoms with Gasteiger partial charge in [0.15, 0.2) is 0 Å². The number of nitrogens with two attached hydrogens (primary N) is 1. The van der Waals surface area contributed by atoms with Crippen molar-refractivity contribution in [3.8, 4) is 0 Å². The summed E-state index contributed by atoms with van der Waals surface area (Å²) in [6.07, 6.45) is 18.4. The van der Waals surface area contributed by atoms with E-state index in [0.717, 1.165) is 51.4 Å². The van der Waals surface area contributed by atoms with Gasteiger partial charge < -0.3 is 39.4 Å². The summed E-state index contributed by atoms with van der Waals surface area (Å²) < 4.78 is 17.8. The van der Waals surface area contributed by atoms with Crippen LogP contribution in [0.1, 0.15) is 131 Å². The van der Waals surface area contributed by atoms with Crippen molar-refractivity contribution >= 4 is 26.5 Å². The van der Waals surface area contributed by atoms with E-state index in [9.17, 15) is 14.4 Å². The van der Waals surface area contributed by atoms with Crippen molar-refractivity contribution in [3.63, 3.8) is 0 Å². The minimum absolute atomic E-state index is 0.103. The fourth-order valence-corrected chi connectivity index (χ4v) is 9.63. The SMILES string of the molecule is CCCCCCC1C=C(CCCCCCCC(=O)N(CCN)CCN(CCNC)C(=O)NCCC[Si](OCC)(OCC)OCC)CC(C(C)=O)C1. The first-order valence-electron chi connectivity index (χ1n) is 20.5. The van der Waals surface area contributed by atoms with Crippen molar-refractivity contribution in [2.75, 3.05) is 72.7 Å². The number of rotatable bonds is 32. The number of carbonyl (C=O) groups is 3. The summed E-state index contributed by atoms with van der Waals surface area (Å²) in [6, 6.07) is 0.488. The molecule has 0 aromatic heterocycles.